The van der Waals surface area contributed by atoms with Gasteiger partial charge < -0.3 is 9.73 Å². The van der Waals surface area contributed by atoms with Gasteiger partial charge >= 0.3 is 5.63 Å². The molecule has 1 N–H and O–H groups in total. The molecule has 2 heterocycles. The molecule has 132 valence electrons. The summed E-state index contributed by atoms with van der Waals surface area (Å²) in [6.07, 6.45) is 3.37. The van der Waals surface area contributed by atoms with Gasteiger partial charge in [0.05, 0.1) is 5.56 Å². The van der Waals surface area contributed by atoms with Gasteiger partial charge in [-0.1, -0.05) is 24.3 Å². The Morgan fingerprint density at radius 2 is 1.96 bits per heavy atom. The lowest BCUT2D eigenvalue weighted by molar-refractivity contribution is 0.0932. The molecule has 1 saturated heterocycles. The van der Waals surface area contributed by atoms with Crippen LogP contribution >= 0.6 is 0 Å². The Labute approximate surface area is 147 Å². The fourth-order valence-corrected chi connectivity index (χ4v) is 3.20. The minimum absolute atomic E-state index is 0.189. The number of benzene rings is 1. The van der Waals surface area contributed by atoms with Crippen LogP contribution in [0.5, 0.6) is 0 Å². The Hall–Kier alpha value is -2.40. The van der Waals surface area contributed by atoms with Crippen LogP contribution in [0.15, 0.2) is 51.9 Å². The zero-order chi connectivity index (χ0) is 17.6. The number of hydrogen-bond donors (Lipinski definition) is 1. The van der Waals surface area contributed by atoms with Gasteiger partial charge in [0, 0.05) is 19.2 Å². The second-order valence-corrected chi connectivity index (χ2v) is 6.70. The molecular formula is C20H24N2O3. The number of carbonyl (C=O) groups excluding carboxylic acids is 1. The maximum absolute atomic E-state index is 12.1. The standard InChI is InChI=1S/C20H24N2O3/c1-15-4-2-3-5-17(15)13-22-10-8-16(9-11-22)12-21-20(24)18-6-7-19(23)25-14-18/h2-7,14,16H,8-13H2,1H3,(H,21,24). The maximum atomic E-state index is 12.1. The molecule has 0 radical (unpaired) electrons. The summed E-state index contributed by atoms with van der Waals surface area (Å²) >= 11 is 0. The third-order valence-electron chi connectivity index (χ3n) is 4.88. The molecule has 3 rings (SSSR count). The molecule has 5 heteroatoms. The Morgan fingerprint density at radius 1 is 1.20 bits per heavy atom. The van der Waals surface area contributed by atoms with E-state index in [-0.39, 0.29) is 5.91 Å². The van der Waals surface area contributed by atoms with Crippen LogP contribution in [-0.4, -0.2) is 30.4 Å². The summed E-state index contributed by atoms with van der Waals surface area (Å²) < 4.78 is 4.73. The van der Waals surface area contributed by atoms with Crippen molar-refractivity contribution in [2.45, 2.75) is 26.3 Å². The fraction of sp³-hybridized carbons (Fsp3) is 0.400. The molecule has 1 aliphatic heterocycles. The molecule has 25 heavy (non-hydrogen) atoms. The first-order valence-corrected chi connectivity index (χ1v) is 8.76. The lowest BCUT2D eigenvalue weighted by atomic mass is 9.96. The van der Waals surface area contributed by atoms with Crippen molar-refractivity contribution in [2.24, 2.45) is 5.92 Å². The minimum atomic E-state index is -0.447. The molecule has 2 aromatic rings. The summed E-state index contributed by atoms with van der Waals surface area (Å²) in [7, 11) is 0. The first-order chi connectivity index (χ1) is 12.1. The number of likely N-dealkylation sites (tertiary alicyclic amines) is 1. The molecule has 0 atom stereocenters. The van der Waals surface area contributed by atoms with Crippen LogP contribution in [-0.2, 0) is 6.54 Å². The fourth-order valence-electron chi connectivity index (χ4n) is 3.20. The number of rotatable bonds is 5. The van der Waals surface area contributed by atoms with Crippen molar-refractivity contribution in [3.63, 3.8) is 0 Å². The maximum Gasteiger partial charge on any atom is 0.335 e. The summed E-state index contributed by atoms with van der Waals surface area (Å²) in [6, 6.07) is 11.3. The van der Waals surface area contributed by atoms with Crippen LogP contribution in [0.1, 0.15) is 34.3 Å². The number of aryl methyl sites for hydroxylation is 1. The van der Waals surface area contributed by atoms with Crippen LogP contribution in [0.25, 0.3) is 0 Å². The number of amides is 1. The SMILES string of the molecule is Cc1ccccc1CN1CCC(CNC(=O)c2ccc(=O)oc2)CC1. The predicted molar refractivity (Wildman–Crippen MR) is 96.5 cm³/mol. The molecule has 0 aliphatic carbocycles. The average molecular weight is 340 g/mol. The number of nitrogens with one attached hydrogen (secondary N) is 1. The number of hydrogen-bond acceptors (Lipinski definition) is 4. The van der Waals surface area contributed by atoms with Gasteiger partial charge in [0.2, 0.25) is 0 Å². The molecule has 0 saturated carbocycles. The third kappa shape index (κ3) is 4.79. The second kappa shape index (κ2) is 8.12. The van der Waals surface area contributed by atoms with E-state index in [1.54, 1.807) is 0 Å². The summed E-state index contributed by atoms with van der Waals surface area (Å²) in [6.45, 7) is 5.92. The Kier molecular flexibility index (Phi) is 5.66. The first kappa shape index (κ1) is 17.4. The second-order valence-electron chi connectivity index (χ2n) is 6.70. The first-order valence-electron chi connectivity index (χ1n) is 8.76. The van der Waals surface area contributed by atoms with Gasteiger partial charge in [-0.3, -0.25) is 9.69 Å². The van der Waals surface area contributed by atoms with Crippen molar-refractivity contribution < 1.29 is 9.21 Å². The van der Waals surface area contributed by atoms with Crippen LogP contribution in [0.4, 0.5) is 0 Å². The van der Waals surface area contributed by atoms with Crippen LogP contribution in [0.2, 0.25) is 0 Å². The Morgan fingerprint density at radius 3 is 2.64 bits per heavy atom. The van der Waals surface area contributed by atoms with Gasteiger partial charge in [-0.2, -0.15) is 0 Å². The molecule has 1 aliphatic rings. The van der Waals surface area contributed by atoms with E-state index in [4.69, 9.17) is 4.42 Å². The number of nitrogens with zero attached hydrogens (tertiary/aromatic N) is 1. The van der Waals surface area contributed by atoms with Crippen molar-refractivity contribution >= 4 is 5.91 Å². The van der Waals surface area contributed by atoms with Crippen LogP contribution in [0, 0.1) is 12.8 Å². The molecule has 1 amide bonds. The Bertz CT molecular complexity index is 756. The normalized spacial score (nSPS) is 15.9. The van der Waals surface area contributed by atoms with E-state index in [0.717, 1.165) is 32.5 Å². The van der Waals surface area contributed by atoms with Gasteiger partial charge in [-0.15, -0.1) is 0 Å². The highest BCUT2D eigenvalue weighted by atomic mass is 16.4. The van der Waals surface area contributed by atoms with Gasteiger partial charge in [0.15, 0.2) is 0 Å². The lowest BCUT2D eigenvalue weighted by Gasteiger charge is -2.32. The van der Waals surface area contributed by atoms with E-state index in [9.17, 15) is 9.59 Å². The van der Waals surface area contributed by atoms with E-state index in [1.165, 1.54) is 29.5 Å². The molecule has 0 bridgehead atoms. The zero-order valence-corrected chi connectivity index (χ0v) is 14.5. The van der Waals surface area contributed by atoms with Gasteiger partial charge in [-0.25, -0.2) is 4.79 Å². The molecule has 0 unspecified atom stereocenters. The van der Waals surface area contributed by atoms with Gasteiger partial charge in [0.25, 0.3) is 5.91 Å². The number of piperidine rings is 1. The third-order valence-corrected chi connectivity index (χ3v) is 4.88. The minimum Gasteiger partial charge on any atom is -0.430 e. The van der Waals surface area contributed by atoms with E-state index >= 15 is 0 Å². The molecule has 1 aromatic heterocycles. The Balaban J connectivity index is 1.43. The van der Waals surface area contributed by atoms with Crippen LogP contribution in [0.3, 0.4) is 0 Å². The molecular weight excluding hydrogens is 316 g/mol. The quantitative estimate of drug-likeness (QED) is 0.909. The summed E-state index contributed by atoms with van der Waals surface area (Å²) in [4.78, 5) is 25.5. The largest absolute Gasteiger partial charge is 0.430 e. The predicted octanol–water partition coefficient (Wildman–Crippen LogP) is 2.59. The summed E-state index contributed by atoms with van der Waals surface area (Å²) in [5.74, 6) is 0.305. The van der Waals surface area contributed by atoms with Gasteiger partial charge in [-0.05, 0) is 56.0 Å². The summed E-state index contributed by atoms with van der Waals surface area (Å²) in [5.41, 5.74) is 2.67. The molecule has 1 fully saturated rings. The van der Waals surface area contributed by atoms with Crippen molar-refractivity contribution in [1.29, 1.82) is 0 Å². The average Bonchev–Trinajstić information content (AvgIpc) is 2.63. The van der Waals surface area contributed by atoms with Crippen LogP contribution < -0.4 is 10.9 Å². The van der Waals surface area contributed by atoms with E-state index in [1.807, 2.05) is 0 Å². The molecule has 0 spiro atoms. The lowest BCUT2D eigenvalue weighted by Crippen LogP contribution is -2.38. The highest BCUT2D eigenvalue weighted by molar-refractivity contribution is 5.93. The highest BCUT2D eigenvalue weighted by Crippen LogP contribution is 2.19. The van der Waals surface area contributed by atoms with Crippen molar-refractivity contribution in [3.05, 3.63) is 69.8 Å². The molecule has 5 nitrogen and oxygen atoms in total. The smallest absolute Gasteiger partial charge is 0.335 e. The van der Waals surface area contributed by atoms with Crippen molar-refractivity contribution in [2.75, 3.05) is 19.6 Å². The monoisotopic (exact) mass is 340 g/mol. The molecule has 1 aromatic carbocycles. The number of carbonyl (C=O) groups is 1. The summed E-state index contributed by atoms with van der Waals surface area (Å²) in [5, 5.41) is 2.94. The van der Waals surface area contributed by atoms with E-state index in [0.29, 0.717) is 18.0 Å². The van der Waals surface area contributed by atoms with E-state index < -0.39 is 5.63 Å². The van der Waals surface area contributed by atoms with Crippen molar-refractivity contribution in [3.8, 4) is 0 Å². The van der Waals surface area contributed by atoms with E-state index in [2.05, 4.69) is 41.4 Å². The topological polar surface area (TPSA) is 62.6 Å². The van der Waals surface area contributed by atoms with Crippen molar-refractivity contribution in [1.82, 2.24) is 10.2 Å². The zero-order valence-electron chi connectivity index (χ0n) is 14.5. The van der Waals surface area contributed by atoms with Gasteiger partial charge in [0.1, 0.15) is 6.26 Å². The highest BCUT2D eigenvalue weighted by Gasteiger charge is 2.20.